The van der Waals surface area contributed by atoms with Crippen molar-refractivity contribution in [3.8, 4) is 0 Å². The van der Waals surface area contributed by atoms with Crippen molar-refractivity contribution >= 4 is 15.7 Å². The molecule has 0 aromatic carbocycles. The monoisotopic (exact) mass is 318 g/mol. The van der Waals surface area contributed by atoms with Gasteiger partial charge in [-0.25, -0.2) is 8.42 Å². The van der Waals surface area contributed by atoms with E-state index in [1.807, 2.05) is 23.8 Å². The van der Waals surface area contributed by atoms with Crippen LogP contribution in [0.5, 0.6) is 0 Å². The van der Waals surface area contributed by atoms with E-state index in [0.29, 0.717) is 11.8 Å². The summed E-state index contributed by atoms with van der Waals surface area (Å²) in [7, 11) is -1.27. The fourth-order valence-corrected chi connectivity index (χ4v) is 3.96. The SMILES string of the molecule is CC1CC(C)CN(C(=O)CN(C)C(C)C(C)S(C)(=O)=O)C1. The Kier molecular flexibility index (Phi) is 6.23. The highest BCUT2D eigenvalue weighted by Gasteiger charge is 2.29. The lowest BCUT2D eigenvalue weighted by atomic mass is 9.92. The molecule has 0 saturated carbocycles. The van der Waals surface area contributed by atoms with Crippen LogP contribution in [-0.2, 0) is 14.6 Å². The number of sulfone groups is 1. The number of amides is 1. The first-order valence-electron chi connectivity index (χ1n) is 7.69. The van der Waals surface area contributed by atoms with Crippen LogP contribution in [0.2, 0.25) is 0 Å². The van der Waals surface area contributed by atoms with E-state index in [4.69, 9.17) is 0 Å². The first kappa shape index (κ1) is 18.4. The van der Waals surface area contributed by atoms with Crippen molar-refractivity contribution in [1.29, 1.82) is 0 Å². The third-order valence-corrected chi connectivity index (χ3v) is 6.40. The van der Waals surface area contributed by atoms with Crippen LogP contribution in [0.4, 0.5) is 0 Å². The van der Waals surface area contributed by atoms with Gasteiger partial charge in [-0.3, -0.25) is 9.69 Å². The van der Waals surface area contributed by atoms with Crippen molar-refractivity contribution in [3.63, 3.8) is 0 Å². The van der Waals surface area contributed by atoms with Gasteiger partial charge in [-0.2, -0.15) is 0 Å². The Morgan fingerprint density at radius 2 is 1.71 bits per heavy atom. The Balaban J connectivity index is 2.61. The summed E-state index contributed by atoms with van der Waals surface area (Å²) >= 11 is 0. The van der Waals surface area contributed by atoms with Crippen LogP contribution >= 0.6 is 0 Å². The summed E-state index contributed by atoms with van der Waals surface area (Å²) in [5, 5.41) is -0.477. The summed E-state index contributed by atoms with van der Waals surface area (Å²) < 4.78 is 23.3. The largest absolute Gasteiger partial charge is 0.341 e. The van der Waals surface area contributed by atoms with Gasteiger partial charge in [0.2, 0.25) is 5.91 Å². The third-order valence-electron chi connectivity index (χ3n) is 4.66. The lowest BCUT2D eigenvalue weighted by Crippen LogP contribution is -2.49. The van der Waals surface area contributed by atoms with Gasteiger partial charge in [-0.15, -0.1) is 0 Å². The van der Waals surface area contributed by atoms with Gasteiger partial charge in [0.25, 0.3) is 0 Å². The number of rotatable bonds is 5. The first-order chi connectivity index (χ1) is 9.52. The summed E-state index contributed by atoms with van der Waals surface area (Å²) in [6, 6.07) is -0.177. The van der Waals surface area contributed by atoms with Crippen molar-refractivity contribution in [2.45, 2.75) is 45.4 Å². The highest BCUT2D eigenvalue weighted by molar-refractivity contribution is 7.91. The maximum absolute atomic E-state index is 12.4. The van der Waals surface area contributed by atoms with Crippen LogP contribution < -0.4 is 0 Å². The van der Waals surface area contributed by atoms with Crippen molar-refractivity contribution in [1.82, 2.24) is 9.80 Å². The number of likely N-dealkylation sites (N-methyl/N-ethyl adjacent to an activating group) is 1. The average molecular weight is 318 g/mol. The predicted octanol–water partition coefficient (Wildman–Crippen LogP) is 1.24. The van der Waals surface area contributed by atoms with Gasteiger partial charge in [-0.1, -0.05) is 13.8 Å². The van der Waals surface area contributed by atoms with Crippen LogP contribution in [0.15, 0.2) is 0 Å². The summed E-state index contributed by atoms with van der Waals surface area (Å²) in [6.07, 6.45) is 2.42. The smallest absolute Gasteiger partial charge is 0.236 e. The Morgan fingerprint density at radius 3 is 2.14 bits per heavy atom. The zero-order valence-electron chi connectivity index (χ0n) is 14.2. The molecule has 1 amide bonds. The molecule has 4 atom stereocenters. The fourth-order valence-electron chi connectivity index (χ4n) is 3.04. The molecular formula is C15H30N2O3S. The first-order valence-corrected chi connectivity index (χ1v) is 9.64. The Hall–Kier alpha value is -0.620. The zero-order chi connectivity index (χ0) is 16.4. The summed E-state index contributed by atoms with van der Waals surface area (Å²) in [4.78, 5) is 16.2. The van der Waals surface area contributed by atoms with Gasteiger partial charge in [-0.05, 0) is 39.2 Å². The second-order valence-corrected chi connectivity index (χ2v) is 9.34. The maximum Gasteiger partial charge on any atom is 0.236 e. The molecule has 1 heterocycles. The molecule has 0 N–H and O–H groups in total. The highest BCUT2D eigenvalue weighted by Crippen LogP contribution is 2.21. The number of nitrogens with zero attached hydrogens (tertiary/aromatic N) is 2. The van der Waals surface area contributed by atoms with Gasteiger partial charge < -0.3 is 4.90 Å². The quantitative estimate of drug-likeness (QED) is 0.765. The van der Waals surface area contributed by atoms with Gasteiger partial charge in [0, 0.05) is 25.4 Å². The van der Waals surface area contributed by atoms with Crippen LogP contribution in [0.25, 0.3) is 0 Å². The van der Waals surface area contributed by atoms with Crippen LogP contribution in [0.3, 0.4) is 0 Å². The number of carbonyl (C=O) groups excluding carboxylic acids is 1. The minimum Gasteiger partial charge on any atom is -0.341 e. The van der Waals surface area contributed by atoms with Crippen LogP contribution in [0, 0.1) is 11.8 Å². The van der Waals surface area contributed by atoms with Crippen LogP contribution in [0.1, 0.15) is 34.1 Å². The summed E-state index contributed by atoms with van der Waals surface area (Å²) in [6.45, 7) is 9.81. The number of hydrogen-bond acceptors (Lipinski definition) is 4. The molecule has 5 nitrogen and oxygen atoms in total. The molecule has 6 heteroatoms. The van der Waals surface area contributed by atoms with E-state index in [-0.39, 0.29) is 18.5 Å². The van der Waals surface area contributed by atoms with Crippen molar-refractivity contribution in [2.24, 2.45) is 11.8 Å². The van der Waals surface area contributed by atoms with Gasteiger partial charge in [0.05, 0.1) is 11.8 Å². The van der Waals surface area contributed by atoms with E-state index < -0.39 is 15.1 Å². The van der Waals surface area contributed by atoms with Gasteiger partial charge in [0.15, 0.2) is 9.84 Å². The standard InChI is InChI=1S/C15H30N2O3S/c1-11-7-12(2)9-17(8-11)15(18)10-16(5)13(3)14(4)21(6,19)20/h11-14H,7-10H2,1-6H3. The third kappa shape index (κ3) is 5.25. The minimum atomic E-state index is -3.09. The number of piperidine rings is 1. The molecule has 1 fully saturated rings. The fraction of sp³-hybridized carbons (Fsp3) is 0.933. The Bertz CT molecular complexity index is 454. The summed E-state index contributed by atoms with van der Waals surface area (Å²) in [5.74, 6) is 1.18. The lowest BCUT2D eigenvalue weighted by Gasteiger charge is -2.37. The van der Waals surface area contributed by atoms with Gasteiger partial charge in [0.1, 0.15) is 0 Å². The average Bonchev–Trinajstić information content (AvgIpc) is 2.34. The maximum atomic E-state index is 12.4. The minimum absolute atomic E-state index is 0.100. The lowest BCUT2D eigenvalue weighted by molar-refractivity contribution is -0.135. The second kappa shape index (κ2) is 7.09. The number of carbonyl (C=O) groups is 1. The van der Waals surface area contributed by atoms with E-state index in [9.17, 15) is 13.2 Å². The Labute approximate surface area is 129 Å². The summed E-state index contributed by atoms with van der Waals surface area (Å²) in [5.41, 5.74) is 0. The molecule has 0 aliphatic carbocycles. The van der Waals surface area contributed by atoms with E-state index >= 15 is 0 Å². The van der Waals surface area contributed by atoms with Gasteiger partial charge >= 0.3 is 0 Å². The van der Waals surface area contributed by atoms with Crippen molar-refractivity contribution in [2.75, 3.05) is 32.9 Å². The van der Waals surface area contributed by atoms with Crippen molar-refractivity contribution in [3.05, 3.63) is 0 Å². The topological polar surface area (TPSA) is 57.7 Å². The molecule has 0 spiro atoms. The van der Waals surface area contributed by atoms with E-state index in [1.54, 1.807) is 6.92 Å². The molecule has 0 bridgehead atoms. The molecule has 1 rings (SSSR count). The van der Waals surface area contributed by atoms with E-state index in [0.717, 1.165) is 13.1 Å². The molecule has 1 aliphatic heterocycles. The van der Waals surface area contributed by atoms with Crippen molar-refractivity contribution < 1.29 is 13.2 Å². The molecule has 1 saturated heterocycles. The molecule has 124 valence electrons. The zero-order valence-corrected chi connectivity index (χ0v) is 15.0. The molecule has 21 heavy (non-hydrogen) atoms. The molecular weight excluding hydrogens is 288 g/mol. The Morgan fingerprint density at radius 1 is 1.24 bits per heavy atom. The number of hydrogen-bond donors (Lipinski definition) is 0. The van der Waals surface area contributed by atoms with Crippen LogP contribution in [-0.4, -0.2) is 68.4 Å². The molecule has 0 aromatic rings. The van der Waals surface area contributed by atoms with E-state index in [2.05, 4.69) is 13.8 Å². The number of likely N-dealkylation sites (tertiary alicyclic amines) is 1. The molecule has 0 radical (unpaired) electrons. The molecule has 1 aliphatic rings. The van der Waals surface area contributed by atoms with E-state index in [1.165, 1.54) is 12.7 Å². The predicted molar refractivity (Wildman–Crippen MR) is 85.9 cm³/mol. The normalized spacial score (nSPS) is 26.7. The highest BCUT2D eigenvalue weighted by atomic mass is 32.2. The molecule has 4 unspecified atom stereocenters. The molecule has 0 aromatic heterocycles. The second-order valence-electron chi connectivity index (χ2n) is 6.94.